The number of carbonyl (C=O) groups excluding carboxylic acids is 2. The number of carbonyl (C=O) groups is 2. The van der Waals surface area contributed by atoms with E-state index in [1.54, 1.807) is 12.1 Å². The van der Waals surface area contributed by atoms with E-state index in [1.807, 2.05) is 0 Å². The Morgan fingerprint density at radius 2 is 1.42 bits per heavy atom. The molecule has 43 heavy (non-hydrogen) atoms. The minimum atomic E-state index is -1.83. The van der Waals surface area contributed by atoms with Crippen molar-refractivity contribution in [2.24, 2.45) is 0 Å². The van der Waals surface area contributed by atoms with Gasteiger partial charge >= 0.3 is 5.97 Å². The number of ketones is 1. The zero-order valence-electron chi connectivity index (χ0n) is 22.2. The maximum atomic E-state index is 12.6. The fraction of sp³-hybridized carbons (Fsp3) is 0.200. The molecule has 4 rings (SSSR count). The van der Waals surface area contributed by atoms with Crippen LogP contribution in [0.3, 0.4) is 0 Å². The van der Waals surface area contributed by atoms with Gasteiger partial charge in [0.15, 0.2) is 28.8 Å². The molecule has 1 aliphatic rings. The van der Waals surface area contributed by atoms with E-state index in [-0.39, 0.29) is 17.1 Å². The Bertz CT molecular complexity index is 1530. The summed E-state index contributed by atoms with van der Waals surface area (Å²) in [4.78, 5) is 24.7. The Kier molecular flexibility index (Phi) is 9.52. The van der Waals surface area contributed by atoms with Crippen molar-refractivity contribution in [1.82, 2.24) is 0 Å². The van der Waals surface area contributed by atoms with Gasteiger partial charge < -0.3 is 55.1 Å². The highest BCUT2D eigenvalue weighted by atomic mass is 16.7. The molecule has 13 heteroatoms. The molecular formula is C30H28O13. The number of allylic oxidation sites excluding steroid dienone is 1. The van der Waals surface area contributed by atoms with Gasteiger partial charge in [0.25, 0.3) is 0 Å². The summed E-state index contributed by atoms with van der Waals surface area (Å²) >= 11 is 0. The van der Waals surface area contributed by atoms with Crippen LogP contribution in [-0.2, 0) is 14.3 Å². The standard InChI is InChI=1S/C30H28O13/c31-17-6-1-15(2-7-17)5-12-24(35)41-14-23-27(38)28(39)29(40)30(43-23)42-22-11-8-18(25(36)26(22)37)19(32)9-3-16-4-10-20(33)21(34)13-16/h1-13,23,27-31,33-34,36-40H,14H2/b9-3+,12-5+/t23?,27-,28+,29?,30-/m1/s1. The van der Waals surface area contributed by atoms with Crippen molar-refractivity contribution in [2.75, 3.05) is 6.61 Å². The van der Waals surface area contributed by atoms with Gasteiger partial charge in [-0.05, 0) is 59.7 Å². The van der Waals surface area contributed by atoms with Crippen LogP contribution < -0.4 is 4.74 Å². The quantitative estimate of drug-likeness (QED) is 0.0761. The van der Waals surface area contributed by atoms with Crippen LogP contribution in [0.1, 0.15) is 21.5 Å². The van der Waals surface area contributed by atoms with E-state index in [0.717, 1.165) is 24.3 Å². The molecule has 8 N–H and O–H groups in total. The van der Waals surface area contributed by atoms with Crippen LogP contribution >= 0.6 is 0 Å². The lowest BCUT2D eigenvalue weighted by Crippen LogP contribution is -2.60. The van der Waals surface area contributed by atoms with Gasteiger partial charge in [0, 0.05) is 6.08 Å². The molecule has 0 amide bonds. The molecule has 0 bridgehead atoms. The smallest absolute Gasteiger partial charge is 0.330 e. The summed E-state index contributed by atoms with van der Waals surface area (Å²) in [6.45, 7) is -0.556. The van der Waals surface area contributed by atoms with Crippen molar-refractivity contribution in [3.8, 4) is 34.5 Å². The third-order valence-electron chi connectivity index (χ3n) is 6.41. The van der Waals surface area contributed by atoms with E-state index < -0.39 is 72.1 Å². The lowest BCUT2D eigenvalue weighted by Gasteiger charge is -2.39. The predicted molar refractivity (Wildman–Crippen MR) is 148 cm³/mol. The lowest BCUT2D eigenvalue weighted by molar-refractivity contribution is -0.278. The van der Waals surface area contributed by atoms with E-state index in [1.165, 1.54) is 42.5 Å². The van der Waals surface area contributed by atoms with Gasteiger partial charge in [-0.25, -0.2) is 4.79 Å². The fourth-order valence-electron chi connectivity index (χ4n) is 4.00. The van der Waals surface area contributed by atoms with E-state index in [0.29, 0.717) is 11.1 Å². The maximum absolute atomic E-state index is 12.6. The summed E-state index contributed by atoms with van der Waals surface area (Å²) in [5.74, 6) is -4.44. The van der Waals surface area contributed by atoms with Crippen LogP contribution in [0.15, 0.2) is 66.7 Å². The average Bonchev–Trinajstić information content (AvgIpc) is 2.99. The van der Waals surface area contributed by atoms with Crippen molar-refractivity contribution in [3.63, 3.8) is 0 Å². The first kappa shape index (κ1) is 30.9. The average molecular weight is 597 g/mol. The molecule has 1 heterocycles. The summed E-state index contributed by atoms with van der Waals surface area (Å²) in [7, 11) is 0. The number of hydrogen-bond acceptors (Lipinski definition) is 13. The van der Waals surface area contributed by atoms with Gasteiger partial charge in [0.2, 0.25) is 12.0 Å². The molecule has 3 aromatic carbocycles. The Labute approximate surface area is 244 Å². The van der Waals surface area contributed by atoms with E-state index >= 15 is 0 Å². The number of aliphatic hydroxyl groups excluding tert-OH is 3. The second-order valence-electron chi connectivity index (χ2n) is 9.44. The molecular weight excluding hydrogens is 568 g/mol. The van der Waals surface area contributed by atoms with Crippen LogP contribution in [0.4, 0.5) is 0 Å². The van der Waals surface area contributed by atoms with E-state index in [4.69, 9.17) is 14.2 Å². The normalized spacial score (nSPS) is 22.1. The third-order valence-corrected chi connectivity index (χ3v) is 6.41. The zero-order valence-corrected chi connectivity index (χ0v) is 22.2. The van der Waals surface area contributed by atoms with Gasteiger partial charge in [-0.3, -0.25) is 4.79 Å². The number of ether oxygens (including phenoxy) is 3. The molecule has 13 nitrogen and oxygen atoms in total. The number of phenolic OH excluding ortho intramolecular Hbond substituents is 5. The number of benzene rings is 3. The minimum absolute atomic E-state index is 0.0512. The van der Waals surface area contributed by atoms with Crippen LogP contribution in [0.5, 0.6) is 34.5 Å². The Hall–Kier alpha value is -5.08. The fourth-order valence-corrected chi connectivity index (χ4v) is 4.00. The highest BCUT2D eigenvalue weighted by molar-refractivity contribution is 6.09. The minimum Gasteiger partial charge on any atom is -0.508 e. The van der Waals surface area contributed by atoms with Gasteiger partial charge in [0.05, 0.1) is 5.56 Å². The first-order chi connectivity index (χ1) is 20.4. The summed E-state index contributed by atoms with van der Waals surface area (Å²) in [6.07, 6.45) is -3.53. The molecule has 0 radical (unpaired) electrons. The Morgan fingerprint density at radius 1 is 0.744 bits per heavy atom. The highest BCUT2D eigenvalue weighted by Gasteiger charge is 2.45. The van der Waals surface area contributed by atoms with Crippen molar-refractivity contribution in [3.05, 3.63) is 83.4 Å². The monoisotopic (exact) mass is 596 g/mol. The van der Waals surface area contributed by atoms with E-state index in [9.17, 15) is 50.4 Å². The highest BCUT2D eigenvalue weighted by Crippen LogP contribution is 2.40. The molecule has 3 aromatic rings. The molecule has 5 atom stereocenters. The Balaban J connectivity index is 1.41. The van der Waals surface area contributed by atoms with Crippen molar-refractivity contribution in [2.45, 2.75) is 30.7 Å². The summed E-state index contributed by atoms with van der Waals surface area (Å²) in [5, 5.41) is 80.2. The van der Waals surface area contributed by atoms with Crippen molar-refractivity contribution < 1.29 is 64.7 Å². The number of esters is 1. The van der Waals surface area contributed by atoms with Gasteiger partial charge in [0.1, 0.15) is 36.8 Å². The lowest BCUT2D eigenvalue weighted by atomic mass is 9.99. The maximum Gasteiger partial charge on any atom is 0.330 e. The summed E-state index contributed by atoms with van der Waals surface area (Å²) < 4.78 is 16.0. The van der Waals surface area contributed by atoms with Crippen LogP contribution in [0.25, 0.3) is 12.2 Å². The molecule has 1 fully saturated rings. The molecule has 226 valence electrons. The molecule has 2 unspecified atom stereocenters. The Morgan fingerprint density at radius 3 is 2.12 bits per heavy atom. The van der Waals surface area contributed by atoms with E-state index in [2.05, 4.69) is 0 Å². The number of rotatable bonds is 9. The molecule has 0 spiro atoms. The van der Waals surface area contributed by atoms with Gasteiger partial charge in [-0.15, -0.1) is 0 Å². The summed E-state index contributed by atoms with van der Waals surface area (Å²) in [6, 6.07) is 12.0. The molecule has 0 aliphatic carbocycles. The topological polar surface area (TPSA) is 224 Å². The van der Waals surface area contributed by atoms with Gasteiger partial charge in [-0.2, -0.15) is 0 Å². The second-order valence-corrected chi connectivity index (χ2v) is 9.44. The van der Waals surface area contributed by atoms with Crippen LogP contribution in [-0.4, -0.2) is 89.9 Å². The third kappa shape index (κ3) is 7.42. The summed E-state index contributed by atoms with van der Waals surface area (Å²) in [5.41, 5.74) is 0.639. The number of aliphatic hydroxyl groups is 3. The second kappa shape index (κ2) is 13.3. The molecule has 0 aromatic heterocycles. The van der Waals surface area contributed by atoms with Crippen molar-refractivity contribution >= 4 is 23.9 Å². The largest absolute Gasteiger partial charge is 0.508 e. The van der Waals surface area contributed by atoms with Crippen LogP contribution in [0, 0.1) is 0 Å². The number of aromatic hydroxyl groups is 5. The molecule has 1 aliphatic heterocycles. The molecule has 1 saturated heterocycles. The molecule has 0 saturated carbocycles. The first-order valence-electron chi connectivity index (χ1n) is 12.7. The van der Waals surface area contributed by atoms with Crippen molar-refractivity contribution in [1.29, 1.82) is 0 Å². The number of hydrogen-bond donors (Lipinski definition) is 8. The SMILES string of the molecule is O=C(/C=C/c1ccc(O)cc1)OCC1O[C@@H](Oc2ccc(C(=O)/C=C/c3ccc(O)c(O)c3)c(O)c2O)C(O)[C@@H](O)[C@@H]1O. The number of phenols is 5. The van der Waals surface area contributed by atoms with Crippen LogP contribution in [0.2, 0.25) is 0 Å². The zero-order chi connectivity index (χ0) is 31.3. The van der Waals surface area contributed by atoms with Gasteiger partial charge in [-0.1, -0.05) is 24.3 Å². The first-order valence-corrected chi connectivity index (χ1v) is 12.7. The predicted octanol–water partition coefficient (Wildman–Crippen LogP) is 1.55.